The zero-order valence-corrected chi connectivity index (χ0v) is 6.26. The lowest BCUT2D eigenvalue weighted by molar-refractivity contribution is 0.174. The van der Waals surface area contributed by atoms with Crippen molar-refractivity contribution in [1.29, 1.82) is 0 Å². The van der Waals surface area contributed by atoms with Crippen molar-refractivity contribution in [3.8, 4) is 0 Å². The fourth-order valence-electron chi connectivity index (χ4n) is 1.04. The second kappa shape index (κ2) is 2.88. The minimum atomic E-state index is -0.0120. The number of urea groups is 1. The second-order valence-corrected chi connectivity index (χ2v) is 2.48. The first-order valence-corrected chi connectivity index (χ1v) is 3.24. The Labute approximate surface area is 60.1 Å². The fraction of sp³-hybridized carbons (Fsp3) is 0.833. The predicted molar refractivity (Wildman–Crippen MR) is 36.8 cm³/mol. The van der Waals surface area contributed by atoms with Crippen molar-refractivity contribution in [2.75, 3.05) is 27.3 Å². The van der Waals surface area contributed by atoms with E-state index in [1.165, 1.54) is 0 Å². The van der Waals surface area contributed by atoms with E-state index in [1.807, 2.05) is 0 Å². The highest BCUT2D eigenvalue weighted by molar-refractivity contribution is 5.76. The molecule has 1 atom stereocenters. The van der Waals surface area contributed by atoms with Gasteiger partial charge in [0.15, 0.2) is 0 Å². The molecule has 0 aromatic heterocycles. The summed E-state index contributed by atoms with van der Waals surface area (Å²) in [6.07, 6.45) is 0. The minimum absolute atomic E-state index is 0.0120. The van der Waals surface area contributed by atoms with Crippen LogP contribution in [-0.4, -0.2) is 44.3 Å². The average molecular weight is 144 g/mol. The van der Waals surface area contributed by atoms with Gasteiger partial charge in [0.25, 0.3) is 0 Å². The predicted octanol–water partition coefficient (Wildman–Crippen LogP) is -0.344. The van der Waals surface area contributed by atoms with Crippen molar-refractivity contribution in [2.45, 2.75) is 6.04 Å². The zero-order chi connectivity index (χ0) is 7.56. The average Bonchev–Trinajstić information content (AvgIpc) is 2.14. The zero-order valence-electron chi connectivity index (χ0n) is 6.26. The van der Waals surface area contributed by atoms with Crippen molar-refractivity contribution in [2.24, 2.45) is 0 Å². The monoisotopic (exact) mass is 144 g/mol. The third kappa shape index (κ3) is 1.39. The minimum Gasteiger partial charge on any atom is -0.382 e. The van der Waals surface area contributed by atoms with Gasteiger partial charge in [-0.2, -0.15) is 0 Å². The third-order valence-electron chi connectivity index (χ3n) is 1.54. The normalized spacial score (nSPS) is 25.2. The van der Waals surface area contributed by atoms with Crippen LogP contribution in [0.15, 0.2) is 0 Å². The van der Waals surface area contributed by atoms with Gasteiger partial charge in [-0.15, -0.1) is 0 Å². The molecule has 0 aliphatic carbocycles. The number of methoxy groups -OCH3 is 1. The Bertz CT molecular complexity index is 138. The van der Waals surface area contributed by atoms with Crippen LogP contribution in [0, 0.1) is 0 Å². The lowest BCUT2D eigenvalue weighted by Crippen LogP contribution is -2.30. The van der Waals surface area contributed by atoms with Gasteiger partial charge in [0.2, 0.25) is 0 Å². The molecule has 0 bridgehead atoms. The molecule has 1 aliphatic rings. The largest absolute Gasteiger partial charge is 0.382 e. The van der Waals surface area contributed by atoms with Crippen LogP contribution in [-0.2, 0) is 4.74 Å². The summed E-state index contributed by atoms with van der Waals surface area (Å²) < 4.78 is 4.88. The summed E-state index contributed by atoms with van der Waals surface area (Å²) in [5.74, 6) is 0. The van der Waals surface area contributed by atoms with Crippen molar-refractivity contribution >= 4 is 6.03 Å². The van der Waals surface area contributed by atoms with Gasteiger partial charge in [-0.25, -0.2) is 4.79 Å². The van der Waals surface area contributed by atoms with E-state index in [0.29, 0.717) is 6.61 Å². The molecule has 1 saturated heterocycles. The molecule has 1 aliphatic heterocycles. The fourth-order valence-corrected chi connectivity index (χ4v) is 1.04. The van der Waals surface area contributed by atoms with Gasteiger partial charge < -0.3 is 15.0 Å². The van der Waals surface area contributed by atoms with Crippen molar-refractivity contribution in [3.05, 3.63) is 0 Å². The van der Waals surface area contributed by atoms with Gasteiger partial charge in [-0.3, -0.25) is 0 Å². The van der Waals surface area contributed by atoms with Gasteiger partial charge >= 0.3 is 6.03 Å². The Morgan fingerprint density at radius 3 is 3.00 bits per heavy atom. The molecule has 0 spiro atoms. The second-order valence-electron chi connectivity index (χ2n) is 2.48. The van der Waals surface area contributed by atoms with Crippen LogP contribution in [0.2, 0.25) is 0 Å². The van der Waals surface area contributed by atoms with E-state index < -0.39 is 0 Å². The maximum Gasteiger partial charge on any atom is 0.317 e. The van der Waals surface area contributed by atoms with Crippen molar-refractivity contribution in [1.82, 2.24) is 10.2 Å². The molecule has 2 amide bonds. The summed E-state index contributed by atoms with van der Waals surface area (Å²) in [6.45, 7) is 1.34. The standard InChI is InChI=1S/C6H12N2O2/c1-8-3-5(4-10-2)7-6(8)9/h5H,3-4H2,1-2H3,(H,7,9)/t5-/m1/s1. The number of hydrogen-bond acceptors (Lipinski definition) is 2. The molecular formula is C6H12N2O2. The molecule has 58 valence electrons. The first-order valence-electron chi connectivity index (χ1n) is 3.24. The highest BCUT2D eigenvalue weighted by atomic mass is 16.5. The quantitative estimate of drug-likeness (QED) is 0.576. The van der Waals surface area contributed by atoms with E-state index in [1.54, 1.807) is 19.1 Å². The van der Waals surface area contributed by atoms with Crippen molar-refractivity contribution < 1.29 is 9.53 Å². The molecule has 1 heterocycles. The lowest BCUT2D eigenvalue weighted by Gasteiger charge is -2.06. The number of likely N-dealkylation sites (N-methyl/N-ethyl adjacent to an activating group) is 1. The summed E-state index contributed by atoms with van der Waals surface area (Å²) >= 11 is 0. The van der Waals surface area contributed by atoms with Gasteiger partial charge in [0.1, 0.15) is 0 Å². The molecule has 4 heteroatoms. The SMILES string of the molecule is COC[C@H]1CN(C)C(=O)N1. The summed E-state index contributed by atoms with van der Waals surface area (Å²) in [6, 6.07) is 0.157. The van der Waals surface area contributed by atoms with E-state index in [0.717, 1.165) is 6.54 Å². The van der Waals surface area contributed by atoms with Gasteiger partial charge in [-0.1, -0.05) is 0 Å². The van der Waals surface area contributed by atoms with Crippen LogP contribution in [0.5, 0.6) is 0 Å². The number of amides is 2. The summed E-state index contributed by atoms with van der Waals surface area (Å²) in [5, 5.41) is 2.77. The smallest absolute Gasteiger partial charge is 0.317 e. The Morgan fingerprint density at radius 1 is 1.90 bits per heavy atom. The Kier molecular flexibility index (Phi) is 2.11. The van der Waals surface area contributed by atoms with Crippen LogP contribution in [0.25, 0.3) is 0 Å². The molecule has 1 N–H and O–H groups in total. The summed E-state index contributed by atoms with van der Waals surface area (Å²) in [4.78, 5) is 12.5. The number of rotatable bonds is 2. The maximum absolute atomic E-state index is 10.8. The number of hydrogen-bond donors (Lipinski definition) is 1. The van der Waals surface area contributed by atoms with E-state index >= 15 is 0 Å². The molecule has 1 rings (SSSR count). The van der Waals surface area contributed by atoms with Gasteiger partial charge in [-0.05, 0) is 0 Å². The molecule has 10 heavy (non-hydrogen) atoms. The van der Waals surface area contributed by atoms with E-state index in [-0.39, 0.29) is 12.1 Å². The van der Waals surface area contributed by atoms with Crippen LogP contribution in [0.4, 0.5) is 4.79 Å². The van der Waals surface area contributed by atoms with Crippen LogP contribution >= 0.6 is 0 Å². The number of nitrogens with zero attached hydrogens (tertiary/aromatic N) is 1. The number of carbonyl (C=O) groups excluding carboxylic acids is 1. The van der Waals surface area contributed by atoms with Gasteiger partial charge in [0, 0.05) is 20.7 Å². The topological polar surface area (TPSA) is 41.6 Å². The summed E-state index contributed by atoms with van der Waals surface area (Å²) in [5.41, 5.74) is 0. The molecule has 4 nitrogen and oxygen atoms in total. The van der Waals surface area contributed by atoms with Crippen LogP contribution in [0.3, 0.4) is 0 Å². The van der Waals surface area contributed by atoms with Crippen LogP contribution < -0.4 is 5.32 Å². The van der Waals surface area contributed by atoms with Crippen LogP contribution in [0.1, 0.15) is 0 Å². The van der Waals surface area contributed by atoms with Gasteiger partial charge in [0.05, 0.1) is 12.6 Å². The van der Waals surface area contributed by atoms with E-state index in [4.69, 9.17) is 4.74 Å². The number of carbonyl (C=O) groups is 1. The third-order valence-corrected chi connectivity index (χ3v) is 1.54. The first kappa shape index (κ1) is 7.34. The molecule has 0 aromatic rings. The molecule has 0 saturated carbocycles. The first-order chi connectivity index (χ1) is 4.74. The molecule has 0 radical (unpaired) electrons. The maximum atomic E-state index is 10.8. The number of nitrogens with one attached hydrogen (secondary N) is 1. The Morgan fingerprint density at radius 2 is 2.60 bits per heavy atom. The molecule has 1 fully saturated rings. The molecular weight excluding hydrogens is 132 g/mol. The molecule has 0 unspecified atom stereocenters. The van der Waals surface area contributed by atoms with E-state index in [9.17, 15) is 4.79 Å². The Balaban J connectivity index is 2.34. The highest BCUT2D eigenvalue weighted by Crippen LogP contribution is 1.99. The molecule has 0 aromatic carbocycles. The Hall–Kier alpha value is -0.770. The van der Waals surface area contributed by atoms with E-state index in [2.05, 4.69) is 5.32 Å². The lowest BCUT2D eigenvalue weighted by atomic mass is 10.3. The summed E-state index contributed by atoms with van der Waals surface area (Å²) in [7, 11) is 3.40. The number of ether oxygens (including phenoxy) is 1. The van der Waals surface area contributed by atoms with Crippen molar-refractivity contribution in [3.63, 3.8) is 0 Å². The highest BCUT2D eigenvalue weighted by Gasteiger charge is 2.24.